The van der Waals surface area contributed by atoms with Crippen molar-refractivity contribution in [1.29, 1.82) is 0 Å². The Morgan fingerprint density at radius 2 is 1.84 bits per heavy atom. The van der Waals surface area contributed by atoms with Crippen molar-refractivity contribution in [3.05, 3.63) is 29.3 Å². The first-order chi connectivity index (χ1) is 8.87. The lowest BCUT2D eigenvalue weighted by molar-refractivity contribution is 0.361. The average molecular weight is 282 g/mol. The molecule has 1 aromatic carbocycles. The second kappa shape index (κ2) is 5.61. The SMILES string of the molecule is Cc1cc(C)cc(S(=O)(=O)NC2CCNC(C)C2)c1. The molecular formula is C14H22N2O2S. The smallest absolute Gasteiger partial charge is 0.240 e. The minimum absolute atomic E-state index is 0.0297. The molecule has 0 saturated carbocycles. The van der Waals surface area contributed by atoms with Gasteiger partial charge in [0.05, 0.1) is 4.90 Å². The Bertz CT molecular complexity index is 534. The summed E-state index contributed by atoms with van der Waals surface area (Å²) in [5.74, 6) is 0. The van der Waals surface area contributed by atoms with Gasteiger partial charge in [-0.2, -0.15) is 0 Å². The van der Waals surface area contributed by atoms with Gasteiger partial charge in [-0.3, -0.25) is 0 Å². The molecular weight excluding hydrogens is 260 g/mol. The van der Waals surface area contributed by atoms with Crippen molar-refractivity contribution < 1.29 is 8.42 Å². The molecule has 0 amide bonds. The highest BCUT2D eigenvalue weighted by Crippen LogP contribution is 2.17. The molecule has 2 atom stereocenters. The van der Waals surface area contributed by atoms with Gasteiger partial charge in [0.2, 0.25) is 10.0 Å². The summed E-state index contributed by atoms with van der Waals surface area (Å²) < 4.78 is 27.6. The maximum absolute atomic E-state index is 12.4. The predicted molar refractivity (Wildman–Crippen MR) is 76.7 cm³/mol. The van der Waals surface area contributed by atoms with Gasteiger partial charge in [0.1, 0.15) is 0 Å². The fourth-order valence-electron chi connectivity index (χ4n) is 2.61. The summed E-state index contributed by atoms with van der Waals surface area (Å²) in [6.45, 7) is 6.77. The zero-order valence-corrected chi connectivity index (χ0v) is 12.5. The number of nitrogens with one attached hydrogen (secondary N) is 2. The van der Waals surface area contributed by atoms with Crippen molar-refractivity contribution in [2.24, 2.45) is 0 Å². The molecule has 19 heavy (non-hydrogen) atoms. The number of piperidine rings is 1. The summed E-state index contributed by atoms with van der Waals surface area (Å²) >= 11 is 0. The van der Waals surface area contributed by atoms with Crippen LogP contribution in [0.4, 0.5) is 0 Å². The molecule has 2 unspecified atom stereocenters. The van der Waals surface area contributed by atoms with Gasteiger partial charge < -0.3 is 5.32 Å². The van der Waals surface area contributed by atoms with Crippen LogP contribution >= 0.6 is 0 Å². The van der Waals surface area contributed by atoms with Gasteiger partial charge in [0.25, 0.3) is 0 Å². The van der Waals surface area contributed by atoms with E-state index in [2.05, 4.69) is 17.0 Å². The van der Waals surface area contributed by atoms with E-state index in [0.29, 0.717) is 10.9 Å². The van der Waals surface area contributed by atoms with E-state index >= 15 is 0 Å². The van der Waals surface area contributed by atoms with Crippen LogP contribution in [0.2, 0.25) is 0 Å². The Labute approximate surface area is 115 Å². The number of hydrogen-bond donors (Lipinski definition) is 2. The standard InChI is InChI=1S/C14H22N2O2S/c1-10-6-11(2)8-14(7-10)19(17,18)16-13-4-5-15-12(3)9-13/h6-8,12-13,15-16H,4-5,9H2,1-3H3. The van der Waals surface area contributed by atoms with Crippen molar-refractivity contribution in [3.8, 4) is 0 Å². The lowest BCUT2D eigenvalue weighted by Gasteiger charge is -2.28. The third-order valence-electron chi connectivity index (χ3n) is 3.45. The molecule has 1 aliphatic heterocycles. The molecule has 1 aromatic rings. The Balaban J connectivity index is 2.17. The highest BCUT2D eigenvalue weighted by molar-refractivity contribution is 7.89. The first-order valence-corrected chi connectivity index (χ1v) is 8.19. The second-order valence-electron chi connectivity index (χ2n) is 5.52. The van der Waals surface area contributed by atoms with Crippen LogP contribution in [0.1, 0.15) is 30.9 Å². The van der Waals surface area contributed by atoms with Crippen LogP contribution in [-0.4, -0.2) is 27.0 Å². The van der Waals surface area contributed by atoms with Crippen molar-refractivity contribution in [2.45, 2.75) is 50.6 Å². The van der Waals surface area contributed by atoms with Gasteiger partial charge in [-0.05, 0) is 63.4 Å². The van der Waals surface area contributed by atoms with E-state index in [9.17, 15) is 8.42 Å². The number of sulfonamides is 1. The molecule has 2 rings (SSSR count). The van der Waals surface area contributed by atoms with E-state index in [4.69, 9.17) is 0 Å². The molecule has 0 spiro atoms. The Morgan fingerprint density at radius 1 is 1.21 bits per heavy atom. The zero-order valence-electron chi connectivity index (χ0n) is 11.7. The van der Waals surface area contributed by atoms with Crippen LogP contribution in [0.5, 0.6) is 0 Å². The van der Waals surface area contributed by atoms with Crippen molar-refractivity contribution >= 4 is 10.0 Å². The average Bonchev–Trinajstić information content (AvgIpc) is 2.26. The Morgan fingerprint density at radius 3 is 2.42 bits per heavy atom. The maximum Gasteiger partial charge on any atom is 0.240 e. The Kier molecular flexibility index (Phi) is 4.28. The second-order valence-corrected chi connectivity index (χ2v) is 7.24. The largest absolute Gasteiger partial charge is 0.314 e. The number of aryl methyl sites for hydroxylation is 2. The van der Waals surface area contributed by atoms with Crippen molar-refractivity contribution in [1.82, 2.24) is 10.0 Å². The summed E-state index contributed by atoms with van der Waals surface area (Å²) in [5, 5.41) is 3.32. The molecule has 106 valence electrons. The van der Waals surface area contributed by atoms with E-state index in [1.54, 1.807) is 12.1 Å². The fourth-order valence-corrected chi connectivity index (χ4v) is 4.09. The number of hydrogen-bond acceptors (Lipinski definition) is 3. The third-order valence-corrected chi connectivity index (χ3v) is 4.95. The highest BCUT2D eigenvalue weighted by Gasteiger charge is 2.24. The normalized spacial score (nSPS) is 24.4. The molecule has 1 saturated heterocycles. The molecule has 0 aromatic heterocycles. The molecule has 0 aliphatic carbocycles. The molecule has 1 aliphatic rings. The summed E-state index contributed by atoms with van der Waals surface area (Å²) in [6.07, 6.45) is 1.68. The monoisotopic (exact) mass is 282 g/mol. The lowest BCUT2D eigenvalue weighted by Crippen LogP contribution is -2.46. The predicted octanol–water partition coefficient (Wildman–Crippen LogP) is 1.72. The van der Waals surface area contributed by atoms with Crippen LogP contribution < -0.4 is 10.0 Å². The molecule has 2 N–H and O–H groups in total. The van der Waals surface area contributed by atoms with Crippen LogP contribution in [0, 0.1) is 13.8 Å². The summed E-state index contributed by atoms with van der Waals surface area (Å²) in [4.78, 5) is 0.371. The summed E-state index contributed by atoms with van der Waals surface area (Å²) in [7, 11) is -3.41. The molecule has 1 fully saturated rings. The fraction of sp³-hybridized carbons (Fsp3) is 0.571. The topological polar surface area (TPSA) is 58.2 Å². The van der Waals surface area contributed by atoms with E-state index in [1.165, 1.54) is 0 Å². The van der Waals surface area contributed by atoms with Gasteiger partial charge in [0, 0.05) is 12.1 Å². The third kappa shape index (κ3) is 3.78. The number of rotatable bonds is 3. The summed E-state index contributed by atoms with van der Waals surface area (Å²) in [6, 6.07) is 5.81. The first kappa shape index (κ1) is 14.5. The van der Waals surface area contributed by atoms with Crippen molar-refractivity contribution in [3.63, 3.8) is 0 Å². The minimum atomic E-state index is -3.41. The first-order valence-electron chi connectivity index (χ1n) is 6.71. The van der Waals surface area contributed by atoms with Crippen LogP contribution in [0.15, 0.2) is 23.1 Å². The maximum atomic E-state index is 12.4. The van der Waals surface area contributed by atoms with Gasteiger partial charge in [-0.15, -0.1) is 0 Å². The van der Waals surface area contributed by atoms with E-state index in [-0.39, 0.29) is 6.04 Å². The summed E-state index contributed by atoms with van der Waals surface area (Å²) in [5.41, 5.74) is 1.94. The van der Waals surface area contributed by atoms with Gasteiger partial charge in [-0.1, -0.05) is 6.07 Å². The van der Waals surface area contributed by atoms with Gasteiger partial charge >= 0.3 is 0 Å². The van der Waals surface area contributed by atoms with E-state index < -0.39 is 10.0 Å². The van der Waals surface area contributed by atoms with E-state index in [1.807, 2.05) is 19.9 Å². The van der Waals surface area contributed by atoms with Gasteiger partial charge in [-0.25, -0.2) is 13.1 Å². The number of benzene rings is 1. The molecule has 4 nitrogen and oxygen atoms in total. The Hall–Kier alpha value is -0.910. The minimum Gasteiger partial charge on any atom is -0.314 e. The highest BCUT2D eigenvalue weighted by atomic mass is 32.2. The van der Waals surface area contributed by atoms with Crippen LogP contribution in [0.25, 0.3) is 0 Å². The van der Waals surface area contributed by atoms with Crippen LogP contribution in [0.3, 0.4) is 0 Å². The molecule has 1 heterocycles. The molecule has 0 bridgehead atoms. The van der Waals surface area contributed by atoms with Crippen molar-refractivity contribution in [2.75, 3.05) is 6.54 Å². The molecule has 0 radical (unpaired) electrons. The quantitative estimate of drug-likeness (QED) is 0.887. The van der Waals surface area contributed by atoms with Crippen LogP contribution in [-0.2, 0) is 10.0 Å². The lowest BCUT2D eigenvalue weighted by atomic mass is 10.0. The zero-order chi connectivity index (χ0) is 14.0. The van der Waals surface area contributed by atoms with Gasteiger partial charge in [0.15, 0.2) is 0 Å². The van der Waals surface area contributed by atoms with E-state index in [0.717, 1.165) is 30.5 Å². The molecule has 5 heteroatoms.